The van der Waals surface area contributed by atoms with Gasteiger partial charge in [-0.3, -0.25) is 10.1 Å². The number of hydrogen-bond donors (Lipinski definition) is 1. The first kappa shape index (κ1) is 15.1. The number of halogens is 1. The summed E-state index contributed by atoms with van der Waals surface area (Å²) in [5, 5.41) is 14.8. The number of nitro groups is 1. The van der Waals surface area contributed by atoms with Gasteiger partial charge in [0, 0.05) is 17.1 Å². The fourth-order valence-corrected chi connectivity index (χ4v) is 3.09. The molecule has 110 valence electrons. The van der Waals surface area contributed by atoms with Crippen LogP contribution in [-0.2, 0) is 0 Å². The number of rotatable bonds is 4. The van der Waals surface area contributed by atoms with E-state index >= 15 is 0 Å². The summed E-state index contributed by atoms with van der Waals surface area (Å²) in [7, 11) is 0. The predicted octanol–water partition coefficient (Wildman–Crippen LogP) is 4.87. The van der Waals surface area contributed by atoms with Crippen LogP contribution in [0.3, 0.4) is 0 Å². The molecule has 2 rings (SSSR count). The molecule has 5 heteroatoms. The molecule has 4 nitrogen and oxygen atoms in total. The minimum absolute atomic E-state index is 0.0588. The van der Waals surface area contributed by atoms with E-state index in [1.54, 1.807) is 12.1 Å². The van der Waals surface area contributed by atoms with E-state index in [1.165, 1.54) is 18.9 Å². The van der Waals surface area contributed by atoms with Gasteiger partial charge in [-0.05, 0) is 49.7 Å². The zero-order chi connectivity index (χ0) is 14.7. The lowest BCUT2D eigenvalue weighted by Crippen LogP contribution is -2.28. The van der Waals surface area contributed by atoms with Crippen LogP contribution in [0.25, 0.3) is 0 Å². The highest BCUT2D eigenvalue weighted by atomic mass is 35.5. The molecule has 0 bridgehead atoms. The van der Waals surface area contributed by atoms with Crippen molar-refractivity contribution in [2.75, 3.05) is 5.32 Å². The summed E-state index contributed by atoms with van der Waals surface area (Å²) in [6.07, 6.45) is 4.53. The molecule has 0 amide bonds. The third-order valence-corrected chi connectivity index (χ3v) is 4.47. The summed E-state index contributed by atoms with van der Waals surface area (Å²) < 4.78 is 0. The van der Waals surface area contributed by atoms with Crippen molar-refractivity contribution in [2.45, 2.75) is 45.6 Å². The monoisotopic (exact) mass is 296 g/mol. The van der Waals surface area contributed by atoms with Gasteiger partial charge in [0.15, 0.2) is 0 Å². The second-order valence-corrected chi connectivity index (χ2v) is 6.36. The van der Waals surface area contributed by atoms with E-state index in [0.717, 1.165) is 24.7 Å². The molecular weight excluding hydrogens is 276 g/mol. The van der Waals surface area contributed by atoms with Crippen LogP contribution in [0.2, 0.25) is 5.02 Å². The van der Waals surface area contributed by atoms with Gasteiger partial charge in [-0.2, -0.15) is 0 Å². The number of nitrogens with zero attached hydrogens (tertiary/aromatic N) is 1. The molecular formula is C15H21ClN2O2. The fourth-order valence-electron chi connectivity index (χ4n) is 2.93. The third-order valence-electron chi connectivity index (χ3n) is 4.23. The summed E-state index contributed by atoms with van der Waals surface area (Å²) in [6.45, 7) is 4.53. The van der Waals surface area contributed by atoms with Gasteiger partial charge < -0.3 is 5.32 Å². The number of nitro benzene ring substituents is 1. The molecule has 20 heavy (non-hydrogen) atoms. The van der Waals surface area contributed by atoms with Crippen LogP contribution in [0.1, 0.15) is 39.5 Å². The lowest BCUT2D eigenvalue weighted by Gasteiger charge is -2.31. The van der Waals surface area contributed by atoms with E-state index in [1.807, 2.05) is 0 Å². The maximum Gasteiger partial charge on any atom is 0.293 e. The highest BCUT2D eigenvalue weighted by molar-refractivity contribution is 6.30. The van der Waals surface area contributed by atoms with Gasteiger partial charge in [-0.15, -0.1) is 0 Å². The van der Waals surface area contributed by atoms with E-state index in [4.69, 9.17) is 11.6 Å². The number of nitrogens with one attached hydrogen (secondary N) is 1. The first-order chi connectivity index (χ1) is 9.47. The van der Waals surface area contributed by atoms with Crippen molar-refractivity contribution in [1.82, 2.24) is 0 Å². The Balaban J connectivity index is 2.03. The maximum atomic E-state index is 11.1. The Morgan fingerprint density at radius 1 is 1.30 bits per heavy atom. The summed E-state index contributed by atoms with van der Waals surface area (Å²) >= 11 is 5.83. The van der Waals surface area contributed by atoms with Crippen molar-refractivity contribution in [3.63, 3.8) is 0 Å². The van der Waals surface area contributed by atoms with Crippen LogP contribution < -0.4 is 5.32 Å². The molecule has 1 saturated carbocycles. The van der Waals surface area contributed by atoms with Crippen molar-refractivity contribution >= 4 is 23.0 Å². The Hall–Kier alpha value is -1.29. The number of anilines is 1. The summed E-state index contributed by atoms with van der Waals surface area (Å²) in [6, 6.07) is 5.12. The molecule has 1 aromatic rings. The van der Waals surface area contributed by atoms with Gasteiger partial charge in [0.2, 0.25) is 0 Å². The molecule has 0 saturated heterocycles. The van der Waals surface area contributed by atoms with E-state index in [2.05, 4.69) is 19.2 Å². The van der Waals surface area contributed by atoms with Crippen molar-refractivity contribution < 1.29 is 4.92 Å². The molecule has 0 spiro atoms. The van der Waals surface area contributed by atoms with Gasteiger partial charge in [-0.25, -0.2) is 0 Å². The van der Waals surface area contributed by atoms with Crippen LogP contribution in [0.5, 0.6) is 0 Å². The Morgan fingerprint density at radius 3 is 2.50 bits per heavy atom. The van der Waals surface area contributed by atoms with Crippen molar-refractivity contribution in [1.29, 1.82) is 0 Å². The third kappa shape index (κ3) is 3.63. The van der Waals surface area contributed by atoms with Crippen LogP contribution in [0, 0.1) is 22.0 Å². The van der Waals surface area contributed by atoms with Crippen molar-refractivity contribution in [3.05, 3.63) is 33.3 Å². The Morgan fingerprint density at radius 2 is 1.95 bits per heavy atom. The molecule has 1 N–H and O–H groups in total. The van der Waals surface area contributed by atoms with E-state index in [0.29, 0.717) is 16.8 Å². The summed E-state index contributed by atoms with van der Waals surface area (Å²) in [4.78, 5) is 10.7. The SMILES string of the molecule is CC(C)C1CCC(Nc2ccc(Cl)cc2[N+](=O)[O-])CC1. The minimum Gasteiger partial charge on any atom is -0.377 e. The lowest BCUT2D eigenvalue weighted by molar-refractivity contribution is -0.384. The Bertz CT molecular complexity index is 483. The second-order valence-electron chi connectivity index (χ2n) is 5.92. The highest BCUT2D eigenvalue weighted by Gasteiger charge is 2.25. The van der Waals surface area contributed by atoms with E-state index in [9.17, 15) is 10.1 Å². The minimum atomic E-state index is -0.381. The average Bonchev–Trinajstić information content (AvgIpc) is 2.41. The quantitative estimate of drug-likeness (QED) is 0.636. The number of benzene rings is 1. The van der Waals surface area contributed by atoms with Gasteiger partial charge in [0.05, 0.1) is 4.92 Å². The van der Waals surface area contributed by atoms with E-state index < -0.39 is 0 Å². The largest absolute Gasteiger partial charge is 0.377 e. The lowest BCUT2D eigenvalue weighted by atomic mass is 9.79. The van der Waals surface area contributed by atoms with Crippen LogP contribution in [0.4, 0.5) is 11.4 Å². The summed E-state index contributed by atoms with van der Waals surface area (Å²) in [5.74, 6) is 1.51. The second kappa shape index (κ2) is 6.44. The van der Waals surface area contributed by atoms with Gasteiger partial charge >= 0.3 is 0 Å². The number of hydrogen-bond acceptors (Lipinski definition) is 3. The van der Waals surface area contributed by atoms with Gasteiger partial charge in [0.25, 0.3) is 5.69 Å². The Kier molecular flexibility index (Phi) is 4.86. The van der Waals surface area contributed by atoms with Crippen LogP contribution in [0.15, 0.2) is 18.2 Å². The molecule has 0 aliphatic heterocycles. The standard InChI is InChI=1S/C15H21ClN2O2/c1-10(2)11-3-6-13(7-4-11)17-14-8-5-12(16)9-15(14)18(19)20/h5,8-11,13,17H,3-4,6-7H2,1-2H3. The highest BCUT2D eigenvalue weighted by Crippen LogP contribution is 2.34. The average molecular weight is 297 g/mol. The molecule has 0 aromatic heterocycles. The first-order valence-electron chi connectivity index (χ1n) is 7.18. The van der Waals surface area contributed by atoms with Gasteiger partial charge in [0.1, 0.15) is 5.69 Å². The maximum absolute atomic E-state index is 11.1. The molecule has 0 unspecified atom stereocenters. The predicted molar refractivity (Wildman–Crippen MR) is 82.3 cm³/mol. The molecule has 0 atom stereocenters. The normalized spacial score (nSPS) is 22.8. The van der Waals surface area contributed by atoms with Gasteiger partial charge in [-0.1, -0.05) is 25.4 Å². The molecule has 0 heterocycles. The zero-order valence-corrected chi connectivity index (χ0v) is 12.7. The van der Waals surface area contributed by atoms with Crippen LogP contribution >= 0.6 is 11.6 Å². The van der Waals surface area contributed by atoms with Crippen molar-refractivity contribution in [2.24, 2.45) is 11.8 Å². The van der Waals surface area contributed by atoms with Crippen molar-refractivity contribution in [3.8, 4) is 0 Å². The molecule has 1 fully saturated rings. The summed E-state index contributed by atoms with van der Waals surface area (Å²) in [5.41, 5.74) is 0.635. The smallest absolute Gasteiger partial charge is 0.293 e. The fraction of sp³-hybridized carbons (Fsp3) is 0.600. The first-order valence-corrected chi connectivity index (χ1v) is 7.55. The molecule has 0 radical (unpaired) electrons. The molecule has 1 aromatic carbocycles. The zero-order valence-electron chi connectivity index (χ0n) is 11.9. The van der Waals surface area contributed by atoms with E-state index in [-0.39, 0.29) is 10.6 Å². The molecule has 1 aliphatic rings. The topological polar surface area (TPSA) is 55.2 Å². The van der Waals surface area contributed by atoms with Crippen LogP contribution in [-0.4, -0.2) is 11.0 Å². The molecule has 1 aliphatic carbocycles. The Labute approximate surface area is 124 Å².